The summed E-state index contributed by atoms with van der Waals surface area (Å²) >= 11 is 0. The number of rotatable bonds is 9. The molecule has 11 heteroatoms. The Kier molecular flexibility index (Phi) is 8.11. The minimum Gasteiger partial charge on any atom is -0.497 e. The quantitative estimate of drug-likeness (QED) is 0.542. The van der Waals surface area contributed by atoms with Crippen LogP contribution >= 0.6 is 0 Å². The van der Waals surface area contributed by atoms with Gasteiger partial charge in [0.05, 0.1) is 17.8 Å². The van der Waals surface area contributed by atoms with E-state index in [-0.39, 0.29) is 30.0 Å². The summed E-state index contributed by atoms with van der Waals surface area (Å²) in [6.07, 6.45) is 1.39. The van der Waals surface area contributed by atoms with Crippen molar-refractivity contribution < 1.29 is 31.5 Å². The maximum atomic E-state index is 13.3. The average Bonchev–Trinajstić information content (AvgIpc) is 3.01. The van der Waals surface area contributed by atoms with Gasteiger partial charge in [-0.1, -0.05) is 36.8 Å². The first-order valence-electron chi connectivity index (χ1n) is 10.6. The van der Waals surface area contributed by atoms with Crippen molar-refractivity contribution >= 4 is 26.0 Å². The lowest BCUT2D eigenvalue weighted by molar-refractivity contribution is -0.142. The van der Waals surface area contributed by atoms with Gasteiger partial charge in [-0.15, -0.1) is 0 Å². The molecule has 33 heavy (non-hydrogen) atoms. The topological polar surface area (TPSA) is 130 Å². The van der Waals surface area contributed by atoms with Crippen LogP contribution in [0.2, 0.25) is 0 Å². The summed E-state index contributed by atoms with van der Waals surface area (Å²) in [4.78, 5) is 12.1. The molecule has 1 aliphatic heterocycles. The van der Waals surface area contributed by atoms with Gasteiger partial charge in [0.15, 0.2) is 0 Å². The molecule has 2 atom stereocenters. The van der Waals surface area contributed by atoms with Gasteiger partial charge in [-0.3, -0.25) is 4.79 Å². The minimum atomic E-state index is -4.19. The lowest BCUT2D eigenvalue weighted by Crippen LogP contribution is -2.56. The molecule has 1 aliphatic rings. The number of benzene rings is 2. The van der Waals surface area contributed by atoms with Crippen LogP contribution in [0, 0.1) is 0 Å². The fourth-order valence-corrected chi connectivity index (χ4v) is 6.87. The van der Waals surface area contributed by atoms with Crippen molar-refractivity contribution in [2.45, 2.75) is 42.7 Å². The molecule has 0 saturated carbocycles. The molecule has 0 radical (unpaired) electrons. The van der Waals surface area contributed by atoms with Gasteiger partial charge in [0.25, 0.3) is 0 Å². The molecule has 9 nitrogen and oxygen atoms in total. The number of aryl methyl sites for hydroxylation is 1. The SMILES string of the molecule is COc1ccc(S(=O)(=O)N2CCCCC(NS(=O)(=O)CCc3ccccc3)C2C(=O)O)cc1. The van der Waals surface area contributed by atoms with Gasteiger partial charge in [0.1, 0.15) is 11.8 Å². The number of sulfonamides is 2. The summed E-state index contributed by atoms with van der Waals surface area (Å²) in [7, 11) is -6.59. The second-order valence-corrected chi connectivity index (χ2v) is 11.6. The molecule has 2 aromatic carbocycles. The Morgan fingerprint density at radius 2 is 1.73 bits per heavy atom. The summed E-state index contributed by atoms with van der Waals surface area (Å²) < 4.78 is 60.6. The van der Waals surface area contributed by atoms with Gasteiger partial charge < -0.3 is 9.84 Å². The summed E-state index contributed by atoms with van der Waals surface area (Å²) in [6.45, 7) is -0.0203. The molecule has 2 aromatic rings. The lowest BCUT2D eigenvalue weighted by atomic mass is 10.1. The van der Waals surface area contributed by atoms with Gasteiger partial charge in [0.2, 0.25) is 20.0 Å². The fourth-order valence-electron chi connectivity index (χ4n) is 3.89. The van der Waals surface area contributed by atoms with Crippen LogP contribution in [0.15, 0.2) is 59.5 Å². The number of methoxy groups -OCH3 is 1. The molecule has 1 heterocycles. The van der Waals surface area contributed by atoms with Gasteiger partial charge in [-0.2, -0.15) is 4.31 Å². The molecule has 2 N–H and O–H groups in total. The zero-order chi connectivity index (χ0) is 24.1. The van der Waals surface area contributed by atoms with E-state index in [9.17, 15) is 26.7 Å². The highest BCUT2D eigenvalue weighted by atomic mass is 32.2. The van der Waals surface area contributed by atoms with Crippen LogP contribution in [-0.4, -0.2) is 63.7 Å². The molecule has 0 spiro atoms. The first-order chi connectivity index (χ1) is 15.6. The van der Waals surface area contributed by atoms with E-state index in [4.69, 9.17) is 4.74 Å². The first kappa shape index (κ1) is 25.2. The number of carboxylic acid groups (broad SMARTS) is 1. The third kappa shape index (κ3) is 6.32. The standard InChI is InChI=1S/C22H28N2O7S2/c1-31-18-10-12-19(13-11-18)33(29,30)24-15-6-5-9-20(21(24)22(25)26)23-32(27,28)16-14-17-7-3-2-4-8-17/h2-4,7-8,10-13,20-21,23H,5-6,9,14-16H2,1H3,(H,25,26). The van der Waals surface area contributed by atoms with Gasteiger partial charge in [-0.05, 0) is 49.1 Å². The number of nitrogens with one attached hydrogen (secondary N) is 1. The molecule has 3 rings (SSSR count). The van der Waals surface area contributed by atoms with Gasteiger partial charge in [-0.25, -0.2) is 21.6 Å². The van der Waals surface area contributed by atoms with E-state index in [1.54, 1.807) is 0 Å². The Hall–Kier alpha value is -2.47. The molecule has 1 fully saturated rings. The van der Waals surface area contributed by atoms with E-state index in [1.807, 2.05) is 30.3 Å². The van der Waals surface area contributed by atoms with Crippen molar-refractivity contribution in [1.29, 1.82) is 0 Å². The highest BCUT2D eigenvalue weighted by Gasteiger charge is 2.43. The smallest absolute Gasteiger partial charge is 0.323 e. The number of hydrogen-bond donors (Lipinski definition) is 2. The fraction of sp³-hybridized carbons (Fsp3) is 0.409. The molecule has 180 valence electrons. The monoisotopic (exact) mass is 496 g/mol. The lowest BCUT2D eigenvalue weighted by Gasteiger charge is -2.31. The summed E-state index contributed by atoms with van der Waals surface area (Å²) in [5, 5.41) is 9.94. The normalized spacial score (nSPS) is 20.2. The number of carbonyl (C=O) groups is 1. The van der Waals surface area contributed by atoms with Crippen molar-refractivity contribution in [1.82, 2.24) is 9.03 Å². The second kappa shape index (κ2) is 10.6. The van der Waals surface area contributed by atoms with Crippen molar-refractivity contribution in [2.75, 3.05) is 19.4 Å². The maximum absolute atomic E-state index is 13.3. The Labute approximate surface area is 194 Å². The van der Waals surface area contributed by atoms with Crippen LogP contribution < -0.4 is 9.46 Å². The average molecular weight is 497 g/mol. The third-order valence-corrected chi connectivity index (χ3v) is 8.89. The number of ether oxygens (including phenoxy) is 1. The zero-order valence-corrected chi connectivity index (χ0v) is 19.9. The molecule has 0 bridgehead atoms. The summed E-state index contributed by atoms with van der Waals surface area (Å²) in [5.74, 6) is -1.17. The first-order valence-corrected chi connectivity index (χ1v) is 13.7. The van der Waals surface area contributed by atoms with Crippen molar-refractivity contribution in [3.63, 3.8) is 0 Å². The van der Waals surface area contributed by atoms with Crippen LogP contribution in [0.1, 0.15) is 24.8 Å². The number of nitrogens with zero attached hydrogens (tertiary/aromatic N) is 1. The molecular formula is C22H28N2O7S2. The summed E-state index contributed by atoms with van der Waals surface area (Å²) in [6, 6.07) is 12.1. The summed E-state index contributed by atoms with van der Waals surface area (Å²) in [5.41, 5.74) is 0.835. The largest absolute Gasteiger partial charge is 0.497 e. The van der Waals surface area contributed by atoms with E-state index in [0.717, 1.165) is 9.87 Å². The van der Waals surface area contributed by atoms with Crippen molar-refractivity contribution in [3.05, 3.63) is 60.2 Å². The third-order valence-electron chi connectivity index (χ3n) is 5.59. The second-order valence-electron chi connectivity index (χ2n) is 7.85. The highest BCUT2D eigenvalue weighted by Crippen LogP contribution is 2.27. The van der Waals surface area contributed by atoms with Crippen LogP contribution in [-0.2, 0) is 31.3 Å². The molecule has 2 unspecified atom stereocenters. The van der Waals surface area contributed by atoms with Gasteiger partial charge >= 0.3 is 5.97 Å². The van der Waals surface area contributed by atoms with E-state index in [1.165, 1.54) is 31.4 Å². The predicted molar refractivity (Wildman–Crippen MR) is 123 cm³/mol. The van der Waals surface area contributed by atoms with E-state index >= 15 is 0 Å². The van der Waals surface area contributed by atoms with Crippen molar-refractivity contribution in [3.8, 4) is 5.75 Å². The minimum absolute atomic E-state index is 0.0203. The number of aliphatic carboxylic acids is 1. The molecule has 1 saturated heterocycles. The molecule has 0 amide bonds. The van der Waals surface area contributed by atoms with Crippen LogP contribution in [0.3, 0.4) is 0 Å². The predicted octanol–water partition coefficient (Wildman–Crippen LogP) is 1.85. The molecule has 0 aromatic heterocycles. The van der Waals surface area contributed by atoms with Crippen LogP contribution in [0.25, 0.3) is 0 Å². The van der Waals surface area contributed by atoms with E-state index in [0.29, 0.717) is 18.6 Å². The van der Waals surface area contributed by atoms with Crippen LogP contribution in [0.4, 0.5) is 0 Å². The van der Waals surface area contributed by atoms with Crippen molar-refractivity contribution in [2.24, 2.45) is 0 Å². The Morgan fingerprint density at radius 1 is 1.06 bits per heavy atom. The highest BCUT2D eigenvalue weighted by molar-refractivity contribution is 7.89. The molecular weight excluding hydrogens is 468 g/mol. The van der Waals surface area contributed by atoms with Gasteiger partial charge in [0, 0.05) is 12.6 Å². The number of hydrogen-bond acceptors (Lipinski definition) is 6. The maximum Gasteiger partial charge on any atom is 0.323 e. The Bertz CT molecular complexity index is 1150. The molecule has 0 aliphatic carbocycles. The number of carboxylic acids is 1. The van der Waals surface area contributed by atoms with E-state index < -0.39 is 38.1 Å². The Morgan fingerprint density at radius 3 is 2.33 bits per heavy atom. The van der Waals surface area contributed by atoms with Crippen LogP contribution in [0.5, 0.6) is 5.75 Å². The zero-order valence-electron chi connectivity index (χ0n) is 18.3. The Balaban J connectivity index is 1.85. The van der Waals surface area contributed by atoms with E-state index in [2.05, 4.69) is 4.72 Å².